The highest BCUT2D eigenvalue weighted by Crippen LogP contribution is 2.25. The van der Waals surface area contributed by atoms with E-state index in [2.05, 4.69) is 18.7 Å². The van der Waals surface area contributed by atoms with Crippen LogP contribution in [-0.2, 0) is 0 Å². The maximum atomic E-state index is 13.8. The Labute approximate surface area is 119 Å². The lowest BCUT2D eigenvalue weighted by Gasteiger charge is -2.20. The SMILES string of the molecule is COc1cccc(F)c1C(=O)CCN1CC(C)CC1C. The number of ether oxygens (including phenoxy) is 1. The van der Waals surface area contributed by atoms with E-state index < -0.39 is 5.82 Å². The van der Waals surface area contributed by atoms with Gasteiger partial charge >= 0.3 is 0 Å². The Morgan fingerprint density at radius 3 is 2.80 bits per heavy atom. The van der Waals surface area contributed by atoms with Crippen molar-refractivity contribution in [3.63, 3.8) is 0 Å². The summed E-state index contributed by atoms with van der Waals surface area (Å²) < 4.78 is 18.9. The predicted molar refractivity (Wildman–Crippen MR) is 76.7 cm³/mol. The Bertz CT molecular complexity index is 489. The van der Waals surface area contributed by atoms with Gasteiger partial charge in [-0.2, -0.15) is 0 Å². The van der Waals surface area contributed by atoms with Crippen molar-refractivity contribution in [2.24, 2.45) is 5.92 Å². The molecular weight excluding hydrogens is 257 g/mol. The van der Waals surface area contributed by atoms with Crippen LogP contribution in [0.2, 0.25) is 0 Å². The first-order chi connectivity index (χ1) is 9.52. The number of methoxy groups -OCH3 is 1. The molecule has 110 valence electrons. The number of hydrogen-bond acceptors (Lipinski definition) is 3. The highest BCUT2D eigenvalue weighted by molar-refractivity contribution is 5.99. The molecule has 0 N–H and O–H groups in total. The number of halogens is 1. The Kier molecular flexibility index (Phi) is 4.76. The number of benzene rings is 1. The summed E-state index contributed by atoms with van der Waals surface area (Å²) in [6.45, 7) is 6.10. The van der Waals surface area contributed by atoms with Gasteiger partial charge in [-0.1, -0.05) is 13.0 Å². The monoisotopic (exact) mass is 279 g/mol. The number of likely N-dealkylation sites (tertiary alicyclic amines) is 1. The van der Waals surface area contributed by atoms with Crippen LogP contribution in [0.15, 0.2) is 18.2 Å². The van der Waals surface area contributed by atoms with Gasteiger partial charge < -0.3 is 4.74 Å². The number of rotatable bonds is 5. The summed E-state index contributed by atoms with van der Waals surface area (Å²) in [6, 6.07) is 4.97. The molecule has 2 unspecified atom stereocenters. The van der Waals surface area contributed by atoms with E-state index in [-0.39, 0.29) is 11.3 Å². The van der Waals surface area contributed by atoms with E-state index in [1.807, 2.05) is 0 Å². The van der Waals surface area contributed by atoms with Crippen LogP contribution >= 0.6 is 0 Å². The standard InChI is InChI=1S/C16H22FNO2/c1-11-9-12(2)18(10-11)8-7-14(19)16-13(17)5-4-6-15(16)20-3/h4-6,11-12H,7-10H2,1-3H3. The molecule has 0 amide bonds. The smallest absolute Gasteiger partial charge is 0.170 e. The largest absolute Gasteiger partial charge is 0.496 e. The molecule has 0 bridgehead atoms. The third kappa shape index (κ3) is 3.18. The van der Waals surface area contributed by atoms with Crippen LogP contribution in [0.1, 0.15) is 37.0 Å². The second kappa shape index (κ2) is 6.35. The van der Waals surface area contributed by atoms with Gasteiger partial charge in [0.15, 0.2) is 5.78 Å². The van der Waals surface area contributed by atoms with Gasteiger partial charge in [-0.25, -0.2) is 4.39 Å². The molecule has 1 aliphatic heterocycles. The molecule has 3 nitrogen and oxygen atoms in total. The first-order valence-corrected chi connectivity index (χ1v) is 7.12. The van der Waals surface area contributed by atoms with Crippen LogP contribution in [0, 0.1) is 11.7 Å². The minimum Gasteiger partial charge on any atom is -0.496 e. The number of ketones is 1. The van der Waals surface area contributed by atoms with Crippen molar-refractivity contribution in [1.82, 2.24) is 4.90 Å². The summed E-state index contributed by atoms with van der Waals surface area (Å²) in [6.07, 6.45) is 1.49. The summed E-state index contributed by atoms with van der Waals surface area (Å²) in [7, 11) is 1.45. The zero-order chi connectivity index (χ0) is 14.7. The lowest BCUT2D eigenvalue weighted by atomic mass is 10.1. The van der Waals surface area contributed by atoms with Gasteiger partial charge in [0.2, 0.25) is 0 Å². The molecule has 1 saturated heterocycles. The lowest BCUT2D eigenvalue weighted by molar-refractivity contribution is 0.0955. The highest BCUT2D eigenvalue weighted by atomic mass is 19.1. The van der Waals surface area contributed by atoms with Crippen LogP contribution < -0.4 is 4.74 Å². The van der Waals surface area contributed by atoms with E-state index in [1.165, 1.54) is 13.2 Å². The number of nitrogens with zero attached hydrogens (tertiary/aromatic N) is 1. The van der Waals surface area contributed by atoms with Crippen molar-refractivity contribution in [2.45, 2.75) is 32.7 Å². The van der Waals surface area contributed by atoms with Gasteiger partial charge in [0.05, 0.1) is 12.7 Å². The first kappa shape index (κ1) is 15.0. The molecule has 2 atom stereocenters. The lowest BCUT2D eigenvalue weighted by Crippen LogP contribution is -2.29. The Balaban J connectivity index is 2.02. The maximum Gasteiger partial charge on any atom is 0.170 e. The third-order valence-electron chi connectivity index (χ3n) is 4.01. The molecule has 2 rings (SSSR count). The highest BCUT2D eigenvalue weighted by Gasteiger charge is 2.27. The third-order valence-corrected chi connectivity index (χ3v) is 4.01. The van der Waals surface area contributed by atoms with E-state index in [0.717, 1.165) is 13.0 Å². The van der Waals surface area contributed by atoms with Gasteiger partial charge in [-0.05, 0) is 31.4 Å². The van der Waals surface area contributed by atoms with E-state index in [1.54, 1.807) is 12.1 Å². The molecule has 0 radical (unpaired) electrons. The van der Waals surface area contributed by atoms with Gasteiger partial charge in [0.1, 0.15) is 11.6 Å². The summed E-state index contributed by atoms with van der Waals surface area (Å²) >= 11 is 0. The van der Waals surface area contributed by atoms with E-state index in [9.17, 15) is 9.18 Å². The molecular formula is C16H22FNO2. The van der Waals surface area contributed by atoms with E-state index >= 15 is 0 Å². The molecule has 1 aliphatic rings. The summed E-state index contributed by atoms with van der Waals surface area (Å²) in [4.78, 5) is 14.5. The average molecular weight is 279 g/mol. The molecule has 1 aromatic carbocycles. The summed E-state index contributed by atoms with van der Waals surface area (Å²) in [5.74, 6) is 0.296. The fourth-order valence-corrected chi connectivity index (χ4v) is 3.01. The van der Waals surface area contributed by atoms with Crippen LogP contribution in [0.25, 0.3) is 0 Å². The fraction of sp³-hybridized carbons (Fsp3) is 0.562. The Hall–Kier alpha value is -1.42. The number of carbonyl (C=O) groups is 1. The minimum absolute atomic E-state index is 0.0786. The normalized spacial score (nSPS) is 23.0. The van der Waals surface area contributed by atoms with Gasteiger partial charge in [0.25, 0.3) is 0 Å². The van der Waals surface area contributed by atoms with Crippen molar-refractivity contribution < 1.29 is 13.9 Å². The molecule has 0 spiro atoms. The van der Waals surface area contributed by atoms with Crippen molar-refractivity contribution >= 4 is 5.78 Å². The number of carbonyl (C=O) groups excluding carboxylic acids is 1. The van der Waals surface area contributed by atoms with Crippen molar-refractivity contribution in [3.05, 3.63) is 29.6 Å². The fourth-order valence-electron chi connectivity index (χ4n) is 3.01. The van der Waals surface area contributed by atoms with Crippen molar-refractivity contribution in [1.29, 1.82) is 0 Å². The summed E-state index contributed by atoms with van der Waals surface area (Å²) in [5.41, 5.74) is 0.0786. The molecule has 4 heteroatoms. The predicted octanol–water partition coefficient (Wildman–Crippen LogP) is 3.14. The Morgan fingerprint density at radius 2 is 2.20 bits per heavy atom. The molecule has 0 aliphatic carbocycles. The van der Waals surface area contributed by atoms with Crippen molar-refractivity contribution in [2.75, 3.05) is 20.2 Å². The number of Topliss-reactive ketones (excluding diaryl/α,β-unsaturated/α-hetero) is 1. The topological polar surface area (TPSA) is 29.5 Å². The molecule has 0 aromatic heterocycles. The van der Waals surface area contributed by atoms with Crippen LogP contribution in [0.5, 0.6) is 5.75 Å². The zero-order valence-corrected chi connectivity index (χ0v) is 12.4. The molecule has 0 saturated carbocycles. The van der Waals surface area contributed by atoms with Crippen LogP contribution in [0.4, 0.5) is 4.39 Å². The van der Waals surface area contributed by atoms with Gasteiger partial charge in [-0.15, -0.1) is 0 Å². The number of hydrogen-bond donors (Lipinski definition) is 0. The van der Waals surface area contributed by atoms with E-state index in [4.69, 9.17) is 4.74 Å². The first-order valence-electron chi connectivity index (χ1n) is 7.12. The van der Waals surface area contributed by atoms with Crippen LogP contribution in [0.3, 0.4) is 0 Å². The van der Waals surface area contributed by atoms with Crippen LogP contribution in [-0.4, -0.2) is 36.9 Å². The van der Waals surface area contributed by atoms with E-state index in [0.29, 0.717) is 30.7 Å². The van der Waals surface area contributed by atoms with Gasteiger partial charge in [0, 0.05) is 25.6 Å². The maximum absolute atomic E-state index is 13.8. The zero-order valence-electron chi connectivity index (χ0n) is 12.4. The molecule has 1 heterocycles. The molecule has 1 fully saturated rings. The second-order valence-electron chi connectivity index (χ2n) is 5.68. The minimum atomic E-state index is -0.503. The average Bonchev–Trinajstić information content (AvgIpc) is 2.74. The second-order valence-corrected chi connectivity index (χ2v) is 5.68. The quantitative estimate of drug-likeness (QED) is 0.776. The van der Waals surface area contributed by atoms with Gasteiger partial charge in [-0.3, -0.25) is 9.69 Å². The Morgan fingerprint density at radius 1 is 1.45 bits per heavy atom. The van der Waals surface area contributed by atoms with Crippen molar-refractivity contribution in [3.8, 4) is 5.75 Å². The molecule has 1 aromatic rings. The molecule has 20 heavy (non-hydrogen) atoms. The summed E-state index contributed by atoms with van der Waals surface area (Å²) in [5, 5.41) is 0.